The first-order valence-electron chi connectivity index (χ1n) is 5.34. The minimum absolute atomic E-state index is 0.128. The van der Waals surface area contributed by atoms with Gasteiger partial charge in [-0.15, -0.1) is 10.2 Å². The Balaban J connectivity index is 2.29. The number of nitrogens with zero attached hydrogens (tertiary/aromatic N) is 2. The summed E-state index contributed by atoms with van der Waals surface area (Å²) in [7, 11) is 0. The molecule has 5 nitrogen and oxygen atoms in total. The van der Waals surface area contributed by atoms with Crippen LogP contribution >= 0.6 is 23.2 Å². The number of nitrogen functional groups attached to an aromatic ring is 1. The Morgan fingerprint density at radius 2 is 1.95 bits per heavy atom. The number of nitrogens with one attached hydrogen (secondary N) is 1. The number of hydrogen-bond donors (Lipinski definition) is 2. The van der Waals surface area contributed by atoms with Crippen LogP contribution in [-0.2, 0) is 0 Å². The molecule has 1 heterocycles. The van der Waals surface area contributed by atoms with E-state index in [1.807, 2.05) is 6.92 Å². The summed E-state index contributed by atoms with van der Waals surface area (Å²) in [5.41, 5.74) is 6.69. The SMILES string of the molecule is Cc1ccc(Cl)c(NC(=O)c2ccc(N)nn2)c1Cl. The third-order valence-electron chi connectivity index (χ3n) is 2.44. The molecule has 2 aromatic rings. The van der Waals surface area contributed by atoms with E-state index in [1.54, 1.807) is 12.1 Å². The Kier molecular flexibility index (Phi) is 3.87. The molecule has 2 rings (SSSR count). The van der Waals surface area contributed by atoms with Crippen molar-refractivity contribution < 1.29 is 4.79 Å². The number of rotatable bonds is 2. The van der Waals surface area contributed by atoms with Crippen molar-refractivity contribution in [2.75, 3.05) is 11.1 Å². The second kappa shape index (κ2) is 5.42. The molecule has 0 aliphatic heterocycles. The molecule has 0 fully saturated rings. The number of halogens is 2. The maximum Gasteiger partial charge on any atom is 0.276 e. The first kappa shape index (κ1) is 13.6. The maximum absolute atomic E-state index is 12.0. The first-order chi connectivity index (χ1) is 8.99. The summed E-state index contributed by atoms with van der Waals surface area (Å²) in [4.78, 5) is 12.0. The van der Waals surface area contributed by atoms with Gasteiger partial charge in [-0.1, -0.05) is 29.3 Å². The van der Waals surface area contributed by atoms with Crippen LogP contribution in [0.4, 0.5) is 11.5 Å². The largest absolute Gasteiger partial charge is 0.382 e. The molecule has 0 spiro atoms. The highest BCUT2D eigenvalue weighted by Crippen LogP contribution is 2.33. The van der Waals surface area contributed by atoms with Gasteiger partial charge in [-0.25, -0.2) is 0 Å². The van der Waals surface area contributed by atoms with Gasteiger partial charge >= 0.3 is 0 Å². The molecule has 0 aliphatic rings. The number of carbonyl (C=O) groups excluding carboxylic acids is 1. The first-order valence-corrected chi connectivity index (χ1v) is 6.10. The van der Waals surface area contributed by atoms with E-state index in [-0.39, 0.29) is 11.5 Å². The molecule has 1 aromatic carbocycles. The summed E-state index contributed by atoms with van der Waals surface area (Å²) in [5.74, 6) is -0.218. The zero-order chi connectivity index (χ0) is 14.0. The fourth-order valence-corrected chi connectivity index (χ4v) is 1.88. The minimum atomic E-state index is -0.457. The number of hydrogen-bond acceptors (Lipinski definition) is 4. The van der Waals surface area contributed by atoms with Crippen LogP contribution in [0.15, 0.2) is 24.3 Å². The van der Waals surface area contributed by atoms with Gasteiger partial charge in [0.2, 0.25) is 0 Å². The minimum Gasteiger partial charge on any atom is -0.382 e. The Morgan fingerprint density at radius 1 is 1.21 bits per heavy atom. The van der Waals surface area contributed by atoms with Crippen molar-refractivity contribution in [3.8, 4) is 0 Å². The van der Waals surface area contributed by atoms with Crippen molar-refractivity contribution in [3.05, 3.63) is 45.6 Å². The van der Waals surface area contributed by atoms with Gasteiger partial charge in [-0.2, -0.15) is 0 Å². The van der Waals surface area contributed by atoms with Crippen molar-refractivity contribution in [1.82, 2.24) is 10.2 Å². The normalized spacial score (nSPS) is 10.3. The highest BCUT2D eigenvalue weighted by atomic mass is 35.5. The lowest BCUT2D eigenvalue weighted by atomic mass is 10.2. The average molecular weight is 297 g/mol. The molecule has 0 saturated heterocycles. The molecule has 7 heteroatoms. The smallest absolute Gasteiger partial charge is 0.276 e. The topological polar surface area (TPSA) is 80.9 Å². The van der Waals surface area contributed by atoms with Crippen molar-refractivity contribution in [1.29, 1.82) is 0 Å². The van der Waals surface area contributed by atoms with Crippen LogP contribution < -0.4 is 11.1 Å². The molecular weight excluding hydrogens is 287 g/mol. The van der Waals surface area contributed by atoms with E-state index >= 15 is 0 Å². The Hall–Kier alpha value is -1.85. The fourth-order valence-electron chi connectivity index (χ4n) is 1.41. The van der Waals surface area contributed by atoms with Gasteiger partial charge < -0.3 is 11.1 Å². The Labute approximate surface area is 119 Å². The van der Waals surface area contributed by atoms with Gasteiger partial charge in [0.1, 0.15) is 5.82 Å². The molecule has 19 heavy (non-hydrogen) atoms. The van der Waals surface area contributed by atoms with Crippen molar-refractivity contribution in [3.63, 3.8) is 0 Å². The lowest BCUT2D eigenvalue weighted by Gasteiger charge is -2.10. The fraction of sp³-hybridized carbons (Fsp3) is 0.0833. The molecule has 1 amide bonds. The van der Waals surface area contributed by atoms with Crippen LogP contribution in [0.2, 0.25) is 10.0 Å². The second-order valence-electron chi connectivity index (χ2n) is 3.85. The van der Waals surface area contributed by atoms with Crippen LogP contribution in [0.1, 0.15) is 16.1 Å². The van der Waals surface area contributed by atoms with Crippen LogP contribution in [-0.4, -0.2) is 16.1 Å². The molecular formula is C12H10Cl2N4O. The van der Waals surface area contributed by atoms with E-state index in [4.69, 9.17) is 28.9 Å². The number of amides is 1. The summed E-state index contributed by atoms with van der Waals surface area (Å²) in [6.45, 7) is 1.82. The van der Waals surface area contributed by atoms with E-state index in [0.29, 0.717) is 15.7 Å². The van der Waals surface area contributed by atoms with Crippen molar-refractivity contribution in [2.45, 2.75) is 6.92 Å². The van der Waals surface area contributed by atoms with E-state index in [9.17, 15) is 4.79 Å². The lowest BCUT2D eigenvalue weighted by Crippen LogP contribution is -2.15. The molecule has 3 N–H and O–H groups in total. The van der Waals surface area contributed by atoms with Crippen LogP contribution in [0.5, 0.6) is 0 Å². The van der Waals surface area contributed by atoms with E-state index in [1.165, 1.54) is 12.1 Å². The molecule has 98 valence electrons. The molecule has 0 bridgehead atoms. The number of nitrogens with two attached hydrogens (primary N) is 1. The van der Waals surface area contributed by atoms with Crippen LogP contribution in [0, 0.1) is 6.92 Å². The predicted octanol–water partition coefficient (Wildman–Crippen LogP) is 2.93. The maximum atomic E-state index is 12.0. The van der Waals surface area contributed by atoms with Gasteiger partial charge in [0.25, 0.3) is 5.91 Å². The quantitative estimate of drug-likeness (QED) is 0.893. The van der Waals surface area contributed by atoms with E-state index in [0.717, 1.165) is 5.56 Å². The number of carbonyl (C=O) groups is 1. The summed E-state index contributed by atoms with van der Waals surface area (Å²) in [5, 5.41) is 10.6. The summed E-state index contributed by atoms with van der Waals surface area (Å²) in [6, 6.07) is 6.38. The van der Waals surface area contributed by atoms with Gasteiger partial charge in [0.05, 0.1) is 15.7 Å². The zero-order valence-electron chi connectivity index (χ0n) is 9.95. The second-order valence-corrected chi connectivity index (χ2v) is 4.64. The lowest BCUT2D eigenvalue weighted by molar-refractivity contribution is 0.102. The standard InChI is InChI=1S/C12H10Cl2N4O/c1-6-2-3-7(13)11(10(6)14)16-12(19)8-4-5-9(15)18-17-8/h2-5H,1H3,(H2,15,18)(H,16,19). The summed E-state index contributed by atoms with van der Waals surface area (Å²) >= 11 is 12.1. The molecule has 0 atom stereocenters. The molecule has 1 aromatic heterocycles. The van der Waals surface area contributed by atoms with Gasteiger partial charge in [0.15, 0.2) is 5.69 Å². The number of benzene rings is 1. The molecule has 0 unspecified atom stereocenters. The van der Waals surface area contributed by atoms with Gasteiger partial charge in [-0.3, -0.25) is 4.79 Å². The van der Waals surface area contributed by atoms with Gasteiger partial charge in [0, 0.05) is 0 Å². The summed E-state index contributed by atoms with van der Waals surface area (Å²) < 4.78 is 0. The van der Waals surface area contributed by atoms with Crippen LogP contribution in [0.3, 0.4) is 0 Å². The molecule has 0 radical (unpaired) electrons. The molecule has 0 aliphatic carbocycles. The number of aryl methyl sites for hydroxylation is 1. The third-order valence-corrected chi connectivity index (χ3v) is 3.24. The van der Waals surface area contributed by atoms with Crippen LogP contribution in [0.25, 0.3) is 0 Å². The van der Waals surface area contributed by atoms with Crippen molar-refractivity contribution >= 4 is 40.6 Å². The highest BCUT2D eigenvalue weighted by molar-refractivity contribution is 6.40. The van der Waals surface area contributed by atoms with E-state index < -0.39 is 5.91 Å². The van der Waals surface area contributed by atoms with E-state index in [2.05, 4.69) is 15.5 Å². The third kappa shape index (κ3) is 2.94. The zero-order valence-corrected chi connectivity index (χ0v) is 11.5. The highest BCUT2D eigenvalue weighted by Gasteiger charge is 2.14. The number of anilines is 2. The molecule has 0 saturated carbocycles. The predicted molar refractivity (Wildman–Crippen MR) is 75.6 cm³/mol. The Bertz CT molecular complexity index is 628. The monoisotopic (exact) mass is 296 g/mol. The summed E-state index contributed by atoms with van der Waals surface area (Å²) in [6.07, 6.45) is 0. The number of aromatic nitrogens is 2. The van der Waals surface area contributed by atoms with Crippen molar-refractivity contribution in [2.24, 2.45) is 0 Å². The van der Waals surface area contributed by atoms with Gasteiger partial charge in [-0.05, 0) is 30.7 Å². The Morgan fingerprint density at radius 3 is 2.58 bits per heavy atom. The average Bonchev–Trinajstić information content (AvgIpc) is 2.40.